The van der Waals surface area contributed by atoms with Gasteiger partial charge in [-0.2, -0.15) is 0 Å². The number of aryl methyl sites for hydroxylation is 1. The molecule has 25 heavy (non-hydrogen) atoms. The van der Waals surface area contributed by atoms with Gasteiger partial charge in [0.2, 0.25) is 15.9 Å². The first-order valence-corrected chi connectivity index (χ1v) is 9.13. The molecule has 1 saturated heterocycles. The minimum atomic E-state index is -3.72. The van der Waals surface area contributed by atoms with E-state index >= 15 is 0 Å². The van der Waals surface area contributed by atoms with Crippen LogP contribution in [0, 0.1) is 12.3 Å². The number of benzene rings is 1. The Morgan fingerprint density at radius 2 is 1.92 bits per heavy atom. The highest BCUT2D eigenvalue weighted by molar-refractivity contribution is 7.94. The van der Waals surface area contributed by atoms with E-state index in [1.54, 1.807) is 26.8 Å². The van der Waals surface area contributed by atoms with Gasteiger partial charge < -0.3 is 9.84 Å². The van der Waals surface area contributed by atoms with Crippen molar-refractivity contribution in [2.75, 3.05) is 15.4 Å². The third-order valence-electron chi connectivity index (χ3n) is 3.82. The fourth-order valence-electron chi connectivity index (χ4n) is 2.62. The van der Waals surface area contributed by atoms with Crippen LogP contribution in [-0.2, 0) is 14.8 Å². The molecular weight excluding hydrogens is 346 g/mol. The van der Waals surface area contributed by atoms with Gasteiger partial charge in [0.15, 0.2) is 5.82 Å². The SMILES string of the molecule is Cc1cc(NC(=O)c2ccc(N3C(=O)C(C)(C)CS3(=O)=O)cc2)no1. The van der Waals surface area contributed by atoms with Gasteiger partial charge in [0.1, 0.15) is 5.76 Å². The molecule has 1 fully saturated rings. The summed E-state index contributed by atoms with van der Waals surface area (Å²) in [6, 6.07) is 7.33. The molecule has 0 atom stereocenters. The maximum atomic E-state index is 12.4. The van der Waals surface area contributed by atoms with E-state index in [2.05, 4.69) is 10.5 Å². The number of rotatable bonds is 3. The first-order chi connectivity index (χ1) is 11.6. The zero-order chi connectivity index (χ0) is 18.4. The lowest BCUT2D eigenvalue weighted by Gasteiger charge is -2.17. The summed E-state index contributed by atoms with van der Waals surface area (Å²) in [5.41, 5.74) is -0.461. The Morgan fingerprint density at radius 1 is 1.28 bits per heavy atom. The largest absolute Gasteiger partial charge is 0.360 e. The molecule has 1 aromatic carbocycles. The number of hydrogen-bond acceptors (Lipinski definition) is 6. The molecule has 9 heteroatoms. The molecule has 1 N–H and O–H groups in total. The Balaban J connectivity index is 1.83. The van der Waals surface area contributed by atoms with Gasteiger partial charge in [0.05, 0.1) is 16.9 Å². The molecule has 1 aliphatic heterocycles. The average molecular weight is 363 g/mol. The highest BCUT2D eigenvalue weighted by Crippen LogP contribution is 2.35. The number of anilines is 2. The Kier molecular flexibility index (Phi) is 3.91. The van der Waals surface area contributed by atoms with Gasteiger partial charge in [0.25, 0.3) is 5.91 Å². The quantitative estimate of drug-likeness (QED) is 0.892. The first-order valence-electron chi connectivity index (χ1n) is 7.52. The van der Waals surface area contributed by atoms with Crippen molar-refractivity contribution in [3.8, 4) is 0 Å². The van der Waals surface area contributed by atoms with E-state index in [0.29, 0.717) is 11.3 Å². The van der Waals surface area contributed by atoms with Gasteiger partial charge in [-0.05, 0) is 45.0 Å². The number of aromatic nitrogens is 1. The molecule has 8 nitrogen and oxygen atoms in total. The lowest BCUT2D eigenvalue weighted by molar-refractivity contribution is -0.123. The van der Waals surface area contributed by atoms with Gasteiger partial charge in [0, 0.05) is 11.6 Å². The molecule has 1 aromatic heterocycles. The van der Waals surface area contributed by atoms with Crippen LogP contribution in [0.25, 0.3) is 0 Å². The summed E-state index contributed by atoms with van der Waals surface area (Å²) < 4.78 is 30.2. The van der Waals surface area contributed by atoms with Crippen LogP contribution in [0.2, 0.25) is 0 Å². The smallest absolute Gasteiger partial charge is 0.256 e. The summed E-state index contributed by atoms with van der Waals surface area (Å²) in [6.07, 6.45) is 0. The van der Waals surface area contributed by atoms with Crippen molar-refractivity contribution in [2.45, 2.75) is 20.8 Å². The van der Waals surface area contributed by atoms with Crippen LogP contribution in [0.3, 0.4) is 0 Å². The number of carbonyl (C=O) groups is 2. The monoisotopic (exact) mass is 363 g/mol. The topological polar surface area (TPSA) is 110 Å². The van der Waals surface area contributed by atoms with Crippen molar-refractivity contribution >= 4 is 33.3 Å². The number of nitrogens with zero attached hydrogens (tertiary/aromatic N) is 2. The molecule has 0 aliphatic carbocycles. The van der Waals surface area contributed by atoms with Crippen molar-refractivity contribution in [2.24, 2.45) is 5.41 Å². The molecule has 2 aromatic rings. The van der Waals surface area contributed by atoms with Gasteiger partial charge >= 0.3 is 0 Å². The zero-order valence-corrected chi connectivity index (χ0v) is 14.8. The molecule has 0 unspecified atom stereocenters. The molecule has 2 amide bonds. The van der Waals surface area contributed by atoms with Crippen LogP contribution in [0.15, 0.2) is 34.9 Å². The predicted octanol–water partition coefficient (Wildman–Crippen LogP) is 1.94. The minimum absolute atomic E-state index is 0.212. The number of nitrogens with one attached hydrogen (secondary N) is 1. The summed E-state index contributed by atoms with van der Waals surface area (Å²) in [6.45, 7) is 4.88. The second kappa shape index (κ2) is 5.69. The van der Waals surface area contributed by atoms with Crippen LogP contribution in [0.5, 0.6) is 0 Å². The van der Waals surface area contributed by atoms with E-state index in [1.807, 2.05) is 0 Å². The number of sulfonamides is 1. The first kappa shape index (κ1) is 17.2. The van der Waals surface area contributed by atoms with E-state index in [0.717, 1.165) is 4.31 Å². The van der Waals surface area contributed by atoms with Gasteiger partial charge in [-0.1, -0.05) is 5.16 Å². The second-order valence-corrected chi connectivity index (χ2v) is 8.35. The van der Waals surface area contributed by atoms with Crippen LogP contribution in [-0.4, -0.2) is 31.1 Å². The third-order valence-corrected chi connectivity index (χ3v) is 5.84. The molecule has 1 aliphatic rings. The van der Waals surface area contributed by atoms with Crippen molar-refractivity contribution in [1.82, 2.24) is 5.16 Å². The van der Waals surface area contributed by atoms with Crippen LogP contribution in [0.1, 0.15) is 30.0 Å². The highest BCUT2D eigenvalue weighted by Gasteiger charge is 2.49. The fourth-order valence-corrected chi connectivity index (χ4v) is 4.73. The molecule has 0 saturated carbocycles. The van der Waals surface area contributed by atoms with E-state index in [-0.39, 0.29) is 17.3 Å². The Morgan fingerprint density at radius 3 is 2.40 bits per heavy atom. The lowest BCUT2D eigenvalue weighted by Crippen LogP contribution is -2.32. The van der Waals surface area contributed by atoms with Crippen LogP contribution >= 0.6 is 0 Å². The Hall–Kier alpha value is -2.68. The Labute approximate surface area is 144 Å². The number of carbonyl (C=O) groups excluding carboxylic acids is 2. The van der Waals surface area contributed by atoms with Gasteiger partial charge in [-0.25, -0.2) is 12.7 Å². The van der Waals surface area contributed by atoms with Crippen molar-refractivity contribution in [1.29, 1.82) is 0 Å². The summed E-state index contributed by atoms with van der Waals surface area (Å²) in [7, 11) is -3.72. The number of amides is 2. The summed E-state index contributed by atoms with van der Waals surface area (Å²) >= 11 is 0. The minimum Gasteiger partial charge on any atom is -0.360 e. The van der Waals surface area contributed by atoms with Crippen LogP contribution in [0.4, 0.5) is 11.5 Å². The molecule has 0 radical (unpaired) electrons. The van der Waals surface area contributed by atoms with Crippen molar-refractivity contribution < 1.29 is 22.5 Å². The number of hydrogen-bond donors (Lipinski definition) is 1. The maximum absolute atomic E-state index is 12.4. The summed E-state index contributed by atoms with van der Waals surface area (Å²) in [4.78, 5) is 24.5. The fraction of sp³-hybridized carbons (Fsp3) is 0.312. The van der Waals surface area contributed by atoms with E-state index in [4.69, 9.17) is 4.52 Å². The van der Waals surface area contributed by atoms with Crippen LogP contribution < -0.4 is 9.62 Å². The highest BCUT2D eigenvalue weighted by atomic mass is 32.2. The normalized spacial score (nSPS) is 18.4. The zero-order valence-electron chi connectivity index (χ0n) is 13.9. The van der Waals surface area contributed by atoms with Gasteiger partial charge in [-0.3, -0.25) is 9.59 Å². The summed E-state index contributed by atoms with van der Waals surface area (Å²) in [5, 5.41) is 6.23. The Bertz CT molecular complexity index is 944. The van der Waals surface area contributed by atoms with Crippen molar-refractivity contribution in [3.63, 3.8) is 0 Å². The van der Waals surface area contributed by atoms with E-state index in [1.165, 1.54) is 24.3 Å². The molecule has 2 heterocycles. The van der Waals surface area contributed by atoms with E-state index in [9.17, 15) is 18.0 Å². The predicted molar refractivity (Wildman–Crippen MR) is 90.7 cm³/mol. The molecule has 3 rings (SSSR count). The molecule has 0 bridgehead atoms. The average Bonchev–Trinajstić information content (AvgIpc) is 2.98. The van der Waals surface area contributed by atoms with Crippen molar-refractivity contribution in [3.05, 3.63) is 41.7 Å². The van der Waals surface area contributed by atoms with Gasteiger partial charge in [-0.15, -0.1) is 0 Å². The molecule has 0 spiro atoms. The maximum Gasteiger partial charge on any atom is 0.256 e. The lowest BCUT2D eigenvalue weighted by atomic mass is 9.95. The third kappa shape index (κ3) is 3.14. The molecular formula is C16H17N3O5S. The second-order valence-electron chi connectivity index (χ2n) is 6.53. The summed E-state index contributed by atoms with van der Waals surface area (Å²) in [5.74, 6) is -0.303. The molecule has 132 valence electrons. The van der Waals surface area contributed by atoms with E-state index < -0.39 is 27.3 Å². The standard InChI is InChI=1S/C16H17N3O5S/c1-10-8-13(18-24-10)17-14(20)11-4-6-12(7-5-11)19-15(21)16(2,3)9-25(19,22)23/h4-8H,9H2,1-3H3,(H,17,18,20).